The van der Waals surface area contributed by atoms with Gasteiger partial charge in [0.25, 0.3) is 11.5 Å². The highest BCUT2D eigenvalue weighted by molar-refractivity contribution is 7.80. The van der Waals surface area contributed by atoms with Crippen LogP contribution >= 0.6 is 12.2 Å². The van der Waals surface area contributed by atoms with Crippen molar-refractivity contribution < 1.29 is 4.79 Å². The Morgan fingerprint density at radius 2 is 1.96 bits per heavy atom. The van der Waals surface area contributed by atoms with E-state index in [2.05, 4.69) is 27.8 Å². The Kier molecular flexibility index (Phi) is 5.07. The lowest BCUT2D eigenvalue weighted by molar-refractivity contribution is 0.0938. The van der Waals surface area contributed by atoms with E-state index in [9.17, 15) is 9.59 Å². The Bertz CT molecular complexity index is 843. The van der Waals surface area contributed by atoms with E-state index in [-0.39, 0.29) is 16.4 Å². The number of fused-ring (bicyclic) bond motifs is 1. The lowest BCUT2D eigenvalue weighted by Crippen LogP contribution is -2.47. The maximum atomic E-state index is 12.3. The van der Waals surface area contributed by atoms with E-state index in [1.54, 1.807) is 24.3 Å². The highest BCUT2D eigenvalue weighted by Gasteiger charge is 2.15. The number of thiocarbonyl (C=S) groups is 1. The smallest absolute Gasteiger partial charge is 0.290 e. The summed E-state index contributed by atoms with van der Waals surface area (Å²) < 4.78 is 1.13. The van der Waals surface area contributed by atoms with Gasteiger partial charge in [0.15, 0.2) is 10.8 Å². The molecule has 120 valence electrons. The zero-order valence-corrected chi connectivity index (χ0v) is 13.7. The van der Waals surface area contributed by atoms with Gasteiger partial charge in [-0.15, -0.1) is 0 Å². The second-order valence-electron chi connectivity index (χ2n) is 5.04. The van der Waals surface area contributed by atoms with E-state index < -0.39 is 5.91 Å². The number of nitrogens with one attached hydrogen (secondary N) is 3. The molecule has 1 amide bonds. The van der Waals surface area contributed by atoms with Gasteiger partial charge < -0.3 is 5.32 Å². The maximum Gasteiger partial charge on any atom is 0.290 e. The number of rotatable bonds is 3. The molecule has 0 atom stereocenters. The van der Waals surface area contributed by atoms with Crippen LogP contribution in [-0.4, -0.2) is 27.3 Å². The van der Waals surface area contributed by atoms with Crippen molar-refractivity contribution in [2.45, 2.75) is 6.92 Å². The molecular weight excluding hydrogens is 314 g/mol. The van der Waals surface area contributed by atoms with Crippen LogP contribution in [0.25, 0.3) is 10.8 Å². The van der Waals surface area contributed by atoms with E-state index in [0.29, 0.717) is 17.3 Å². The Morgan fingerprint density at radius 1 is 1.30 bits per heavy atom. The van der Waals surface area contributed by atoms with Crippen molar-refractivity contribution in [1.29, 1.82) is 0 Å². The number of aryl methyl sites for hydroxylation is 1. The molecule has 0 unspecified atom stereocenters. The first-order valence-electron chi connectivity index (χ1n) is 6.84. The molecular formula is C15H17N5O2S. The molecule has 0 radical (unpaired) electrons. The summed E-state index contributed by atoms with van der Waals surface area (Å²) in [6.07, 6.45) is 0. The summed E-state index contributed by atoms with van der Waals surface area (Å²) >= 11 is 5.03. The third-order valence-corrected chi connectivity index (χ3v) is 3.26. The highest BCUT2D eigenvalue weighted by atomic mass is 32.1. The topological polar surface area (TPSA) is 88.0 Å². The van der Waals surface area contributed by atoms with Gasteiger partial charge in [0.2, 0.25) is 0 Å². The first-order valence-corrected chi connectivity index (χ1v) is 7.25. The molecule has 2 aromatic rings. The zero-order chi connectivity index (χ0) is 17.0. The minimum absolute atomic E-state index is 0.137. The third kappa shape index (κ3) is 3.92. The van der Waals surface area contributed by atoms with Crippen LogP contribution < -0.4 is 21.7 Å². The van der Waals surface area contributed by atoms with E-state index >= 15 is 0 Å². The van der Waals surface area contributed by atoms with Crippen LogP contribution in [0, 0.1) is 0 Å². The van der Waals surface area contributed by atoms with Crippen LogP contribution in [0.5, 0.6) is 0 Å². The first kappa shape index (κ1) is 16.6. The quantitative estimate of drug-likeness (QED) is 0.434. The second kappa shape index (κ2) is 7.01. The number of carbonyl (C=O) groups is 1. The van der Waals surface area contributed by atoms with E-state index in [1.165, 1.54) is 7.05 Å². The number of carbonyl (C=O) groups excluding carboxylic acids is 1. The average Bonchev–Trinajstić information content (AvgIpc) is 2.54. The average molecular weight is 331 g/mol. The van der Waals surface area contributed by atoms with Crippen molar-refractivity contribution in [2.24, 2.45) is 7.05 Å². The fourth-order valence-electron chi connectivity index (χ4n) is 1.92. The molecule has 3 N–H and O–H groups in total. The van der Waals surface area contributed by atoms with Crippen LogP contribution in [0.15, 0.2) is 41.2 Å². The third-order valence-electron chi connectivity index (χ3n) is 3.01. The largest absolute Gasteiger partial charge is 0.358 e. The van der Waals surface area contributed by atoms with Gasteiger partial charge in [0.1, 0.15) is 0 Å². The Balaban J connectivity index is 2.19. The molecule has 0 spiro atoms. The fraction of sp³-hybridized carbons (Fsp3) is 0.200. The number of hydrogen-bond acceptors (Lipinski definition) is 4. The van der Waals surface area contributed by atoms with Gasteiger partial charge in [-0.1, -0.05) is 30.4 Å². The molecule has 7 nitrogen and oxygen atoms in total. The summed E-state index contributed by atoms with van der Waals surface area (Å²) in [4.78, 5) is 24.3. The summed E-state index contributed by atoms with van der Waals surface area (Å²) in [5.41, 5.74) is 5.83. The molecule has 1 heterocycles. The molecule has 0 aliphatic carbocycles. The van der Waals surface area contributed by atoms with E-state index in [1.807, 2.05) is 6.92 Å². The van der Waals surface area contributed by atoms with Gasteiger partial charge in [0.05, 0.1) is 5.39 Å². The Labute approximate surface area is 138 Å². The monoisotopic (exact) mass is 331 g/mol. The van der Waals surface area contributed by atoms with Crippen molar-refractivity contribution in [1.82, 2.24) is 25.9 Å². The van der Waals surface area contributed by atoms with Gasteiger partial charge in [-0.25, -0.2) is 4.68 Å². The first-order chi connectivity index (χ1) is 10.9. The number of hydrazine groups is 1. The maximum absolute atomic E-state index is 12.3. The van der Waals surface area contributed by atoms with Gasteiger partial charge in [-0.3, -0.25) is 20.4 Å². The molecule has 8 heteroatoms. The SMILES string of the molecule is C=C(C)CNC(=S)NNC(=O)c1nn(C)c(=O)c2ccccc12. The number of nitrogens with zero attached hydrogens (tertiary/aromatic N) is 2. The number of benzene rings is 1. The molecule has 0 aliphatic heterocycles. The van der Waals surface area contributed by atoms with Crippen molar-refractivity contribution in [3.8, 4) is 0 Å². The van der Waals surface area contributed by atoms with E-state index in [4.69, 9.17) is 12.2 Å². The van der Waals surface area contributed by atoms with Crippen LogP contribution in [0.4, 0.5) is 0 Å². The van der Waals surface area contributed by atoms with E-state index in [0.717, 1.165) is 10.3 Å². The highest BCUT2D eigenvalue weighted by Crippen LogP contribution is 2.12. The molecule has 1 aromatic heterocycles. The predicted molar refractivity (Wildman–Crippen MR) is 93.0 cm³/mol. The van der Waals surface area contributed by atoms with Crippen molar-refractivity contribution >= 4 is 34.0 Å². The lowest BCUT2D eigenvalue weighted by atomic mass is 10.1. The predicted octanol–water partition coefficient (Wildman–Crippen LogP) is 0.619. The van der Waals surface area contributed by atoms with Crippen LogP contribution in [0.2, 0.25) is 0 Å². The van der Waals surface area contributed by atoms with Crippen molar-refractivity contribution in [3.05, 3.63) is 52.5 Å². The Hall–Kier alpha value is -2.74. The molecule has 0 bridgehead atoms. The van der Waals surface area contributed by atoms with Crippen LogP contribution in [0.1, 0.15) is 17.4 Å². The molecule has 2 rings (SSSR count). The summed E-state index contributed by atoms with van der Waals surface area (Å²) in [6, 6.07) is 6.81. The van der Waals surface area contributed by atoms with Gasteiger partial charge in [-0.2, -0.15) is 5.10 Å². The molecule has 1 aromatic carbocycles. The molecule has 0 fully saturated rings. The molecule has 0 saturated heterocycles. The minimum atomic E-state index is -0.490. The second-order valence-corrected chi connectivity index (χ2v) is 5.45. The number of hydrogen-bond donors (Lipinski definition) is 3. The number of aromatic nitrogens is 2. The van der Waals surface area contributed by atoms with Gasteiger partial charge >= 0.3 is 0 Å². The van der Waals surface area contributed by atoms with Gasteiger partial charge in [-0.05, 0) is 25.2 Å². The molecule has 0 saturated carbocycles. The molecule has 23 heavy (non-hydrogen) atoms. The summed E-state index contributed by atoms with van der Waals surface area (Å²) in [6.45, 7) is 6.10. The summed E-state index contributed by atoms with van der Waals surface area (Å²) in [5, 5.41) is 8.07. The molecule has 0 aliphatic rings. The standard InChI is InChI=1S/C15H17N5O2S/c1-9(2)8-16-15(23)18-17-13(21)12-10-6-4-5-7-11(10)14(22)20(3)19-12/h4-7H,1,8H2,2-3H3,(H,17,21)(H2,16,18,23). The number of amides is 1. The minimum Gasteiger partial charge on any atom is -0.358 e. The summed E-state index contributed by atoms with van der Waals surface area (Å²) in [5.74, 6) is -0.490. The Morgan fingerprint density at radius 3 is 2.61 bits per heavy atom. The van der Waals surface area contributed by atoms with Crippen molar-refractivity contribution in [3.63, 3.8) is 0 Å². The zero-order valence-electron chi connectivity index (χ0n) is 12.8. The lowest BCUT2D eigenvalue weighted by Gasteiger charge is -2.12. The van der Waals surface area contributed by atoms with Crippen LogP contribution in [0.3, 0.4) is 0 Å². The summed E-state index contributed by atoms with van der Waals surface area (Å²) in [7, 11) is 1.50. The van der Waals surface area contributed by atoms with Gasteiger partial charge in [0, 0.05) is 19.0 Å². The van der Waals surface area contributed by atoms with Crippen LogP contribution in [-0.2, 0) is 7.05 Å². The normalized spacial score (nSPS) is 10.2. The fourth-order valence-corrected chi connectivity index (χ4v) is 2.04. The van der Waals surface area contributed by atoms with Crippen molar-refractivity contribution in [2.75, 3.05) is 6.54 Å².